The molecule has 1 amide bonds. The molecule has 21 heavy (non-hydrogen) atoms. The minimum Gasteiger partial charge on any atom is -0.336 e. The number of amides is 1. The van der Waals surface area contributed by atoms with Crippen LogP contribution in [-0.4, -0.2) is 52.4 Å². The number of hydrogen-bond acceptors (Lipinski definition) is 5. The number of aromatic nitrogens is 1. The molecular weight excluding hydrogens is 273 g/mol. The van der Waals surface area contributed by atoms with E-state index in [2.05, 4.69) is 36.1 Å². The Morgan fingerprint density at radius 3 is 2.48 bits per heavy atom. The number of halogens is 1. The molecule has 0 spiro atoms. The molecule has 6 nitrogen and oxygen atoms in total. The van der Waals surface area contributed by atoms with E-state index in [1.165, 1.54) is 12.3 Å². The summed E-state index contributed by atoms with van der Waals surface area (Å²) in [6, 6.07) is 1.38. The third kappa shape index (κ3) is 3.30. The van der Waals surface area contributed by atoms with Gasteiger partial charge in [-0.1, -0.05) is 0 Å². The summed E-state index contributed by atoms with van der Waals surface area (Å²) in [5.74, 6) is 4.04. The van der Waals surface area contributed by atoms with Crippen molar-refractivity contribution in [2.24, 2.45) is 5.84 Å². The number of carbonyl (C=O) groups excluding carboxylic acids is 1. The minimum absolute atomic E-state index is 0.00200. The van der Waals surface area contributed by atoms with Crippen LogP contribution in [0.25, 0.3) is 0 Å². The number of anilines is 1. The van der Waals surface area contributed by atoms with Gasteiger partial charge in [0.25, 0.3) is 5.91 Å². The van der Waals surface area contributed by atoms with Crippen molar-refractivity contribution in [3.05, 3.63) is 23.6 Å². The van der Waals surface area contributed by atoms with Gasteiger partial charge in [-0.2, -0.15) is 0 Å². The fourth-order valence-corrected chi connectivity index (χ4v) is 2.46. The Kier molecular flexibility index (Phi) is 4.43. The van der Waals surface area contributed by atoms with Crippen molar-refractivity contribution in [3.8, 4) is 0 Å². The van der Waals surface area contributed by atoms with Crippen molar-refractivity contribution in [3.63, 3.8) is 0 Å². The van der Waals surface area contributed by atoms with Gasteiger partial charge in [0, 0.05) is 37.9 Å². The molecule has 1 aliphatic heterocycles. The standard InChI is InChI=1S/C14H22FN5O/c1-14(2,3)20-8-6-19(7-9-20)13(21)10-4-5-17-12(18-16)11(10)15/h4-5H,6-9,16H2,1-3H3,(H,17,18). The predicted molar refractivity (Wildman–Crippen MR) is 79.2 cm³/mol. The summed E-state index contributed by atoms with van der Waals surface area (Å²) in [5, 5.41) is 0. The third-order valence-electron chi connectivity index (χ3n) is 3.77. The normalized spacial score (nSPS) is 16.9. The van der Waals surface area contributed by atoms with E-state index >= 15 is 0 Å². The molecule has 2 heterocycles. The summed E-state index contributed by atoms with van der Waals surface area (Å²) in [6.45, 7) is 9.17. The van der Waals surface area contributed by atoms with E-state index in [0.29, 0.717) is 13.1 Å². The first-order valence-corrected chi connectivity index (χ1v) is 7.00. The zero-order valence-corrected chi connectivity index (χ0v) is 12.7. The molecule has 2 rings (SSSR count). The van der Waals surface area contributed by atoms with Crippen LogP contribution in [0.2, 0.25) is 0 Å². The van der Waals surface area contributed by atoms with Crippen molar-refractivity contribution in [1.29, 1.82) is 0 Å². The number of nitrogens with one attached hydrogen (secondary N) is 1. The molecule has 0 saturated carbocycles. The van der Waals surface area contributed by atoms with Crippen LogP contribution in [0.3, 0.4) is 0 Å². The molecule has 0 radical (unpaired) electrons. The number of nitrogens with zero attached hydrogens (tertiary/aromatic N) is 3. The summed E-state index contributed by atoms with van der Waals surface area (Å²) in [6.07, 6.45) is 1.37. The zero-order chi connectivity index (χ0) is 15.6. The monoisotopic (exact) mass is 295 g/mol. The van der Waals surface area contributed by atoms with Gasteiger partial charge in [0.1, 0.15) is 0 Å². The Morgan fingerprint density at radius 2 is 1.95 bits per heavy atom. The molecule has 1 aromatic rings. The highest BCUT2D eigenvalue weighted by Crippen LogP contribution is 2.19. The first-order valence-electron chi connectivity index (χ1n) is 7.00. The molecule has 0 atom stereocenters. The van der Waals surface area contributed by atoms with E-state index in [4.69, 9.17) is 5.84 Å². The topological polar surface area (TPSA) is 74.5 Å². The highest BCUT2D eigenvalue weighted by atomic mass is 19.1. The molecule has 3 N–H and O–H groups in total. The maximum absolute atomic E-state index is 14.1. The van der Waals surface area contributed by atoms with Crippen LogP contribution in [-0.2, 0) is 0 Å². The van der Waals surface area contributed by atoms with Crippen LogP contribution in [0.5, 0.6) is 0 Å². The largest absolute Gasteiger partial charge is 0.336 e. The second-order valence-electron chi connectivity index (χ2n) is 6.12. The molecular formula is C14H22FN5O. The van der Waals surface area contributed by atoms with Gasteiger partial charge >= 0.3 is 0 Å². The number of hydrazine groups is 1. The number of rotatable bonds is 2. The molecule has 1 saturated heterocycles. The van der Waals surface area contributed by atoms with Crippen LogP contribution in [0.15, 0.2) is 12.3 Å². The molecule has 0 aromatic carbocycles. The van der Waals surface area contributed by atoms with Gasteiger partial charge in [0.2, 0.25) is 0 Å². The molecule has 0 unspecified atom stereocenters. The Bertz CT molecular complexity index is 521. The number of pyridine rings is 1. The van der Waals surface area contributed by atoms with Crippen molar-refractivity contribution >= 4 is 11.7 Å². The summed E-state index contributed by atoms with van der Waals surface area (Å²) < 4.78 is 14.1. The third-order valence-corrected chi connectivity index (χ3v) is 3.77. The molecule has 0 bridgehead atoms. The van der Waals surface area contributed by atoms with E-state index < -0.39 is 5.82 Å². The van der Waals surface area contributed by atoms with E-state index in [1.54, 1.807) is 4.90 Å². The van der Waals surface area contributed by atoms with Crippen molar-refractivity contribution < 1.29 is 9.18 Å². The van der Waals surface area contributed by atoms with Gasteiger partial charge < -0.3 is 10.3 Å². The first-order chi connectivity index (χ1) is 9.84. The van der Waals surface area contributed by atoms with Gasteiger partial charge in [-0.3, -0.25) is 9.69 Å². The predicted octanol–water partition coefficient (Wildman–Crippen LogP) is 1.06. The fourth-order valence-electron chi connectivity index (χ4n) is 2.46. The summed E-state index contributed by atoms with van der Waals surface area (Å²) in [7, 11) is 0. The van der Waals surface area contributed by atoms with Crippen molar-refractivity contribution in [1.82, 2.24) is 14.8 Å². The zero-order valence-electron chi connectivity index (χ0n) is 12.7. The van der Waals surface area contributed by atoms with Gasteiger partial charge in [-0.05, 0) is 26.8 Å². The lowest BCUT2D eigenvalue weighted by Gasteiger charge is -2.42. The lowest BCUT2D eigenvalue weighted by molar-refractivity contribution is 0.0447. The molecule has 7 heteroatoms. The van der Waals surface area contributed by atoms with E-state index in [9.17, 15) is 9.18 Å². The number of carbonyl (C=O) groups is 1. The smallest absolute Gasteiger partial charge is 0.257 e. The maximum atomic E-state index is 14.1. The summed E-state index contributed by atoms with van der Waals surface area (Å²) in [4.78, 5) is 20.1. The molecule has 1 aromatic heterocycles. The van der Waals surface area contributed by atoms with E-state index in [1.807, 2.05) is 0 Å². The Morgan fingerprint density at radius 1 is 1.33 bits per heavy atom. The van der Waals surface area contributed by atoms with Crippen LogP contribution >= 0.6 is 0 Å². The average Bonchev–Trinajstić information content (AvgIpc) is 2.46. The van der Waals surface area contributed by atoms with Gasteiger partial charge in [-0.25, -0.2) is 15.2 Å². The molecule has 1 fully saturated rings. The van der Waals surface area contributed by atoms with E-state index in [-0.39, 0.29) is 22.8 Å². The van der Waals surface area contributed by atoms with Crippen LogP contribution < -0.4 is 11.3 Å². The summed E-state index contributed by atoms with van der Waals surface area (Å²) in [5.41, 5.74) is 2.23. The summed E-state index contributed by atoms with van der Waals surface area (Å²) >= 11 is 0. The average molecular weight is 295 g/mol. The Balaban J connectivity index is 2.09. The number of nitrogens with two attached hydrogens (primary N) is 1. The highest BCUT2D eigenvalue weighted by Gasteiger charge is 2.29. The maximum Gasteiger partial charge on any atom is 0.257 e. The Hall–Kier alpha value is -1.73. The first kappa shape index (κ1) is 15.7. The number of nitrogen functional groups attached to an aromatic ring is 1. The van der Waals surface area contributed by atoms with Gasteiger partial charge in [0.15, 0.2) is 11.6 Å². The van der Waals surface area contributed by atoms with Crippen LogP contribution in [0.1, 0.15) is 31.1 Å². The lowest BCUT2D eigenvalue weighted by atomic mass is 10.0. The van der Waals surface area contributed by atoms with Crippen molar-refractivity contribution in [2.75, 3.05) is 31.6 Å². The molecule has 1 aliphatic rings. The second-order valence-corrected chi connectivity index (χ2v) is 6.12. The quantitative estimate of drug-likeness (QED) is 0.630. The SMILES string of the molecule is CC(C)(C)N1CCN(C(=O)c2ccnc(NN)c2F)CC1. The molecule has 116 valence electrons. The van der Waals surface area contributed by atoms with Crippen molar-refractivity contribution in [2.45, 2.75) is 26.3 Å². The fraction of sp³-hybridized carbons (Fsp3) is 0.571. The lowest BCUT2D eigenvalue weighted by Crippen LogP contribution is -2.54. The number of piperazine rings is 1. The number of hydrogen-bond donors (Lipinski definition) is 2. The minimum atomic E-state index is -0.705. The Labute approximate surface area is 124 Å². The van der Waals surface area contributed by atoms with Gasteiger partial charge in [0.05, 0.1) is 5.56 Å². The van der Waals surface area contributed by atoms with Crippen LogP contribution in [0, 0.1) is 5.82 Å². The molecule has 0 aliphatic carbocycles. The second kappa shape index (κ2) is 5.95. The highest BCUT2D eigenvalue weighted by molar-refractivity contribution is 5.95. The van der Waals surface area contributed by atoms with Crippen LogP contribution in [0.4, 0.5) is 10.2 Å². The van der Waals surface area contributed by atoms with E-state index in [0.717, 1.165) is 13.1 Å². The van der Waals surface area contributed by atoms with Gasteiger partial charge in [-0.15, -0.1) is 0 Å².